The van der Waals surface area contributed by atoms with Gasteiger partial charge in [-0.1, -0.05) is 30.1 Å². The van der Waals surface area contributed by atoms with Crippen molar-refractivity contribution >= 4 is 46.9 Å². The minimum absolute atomic E-state index is 0.156. The van der Waals surface area contributed by atoms with Crippen LogP contribution in [0.3, 0.4) is 0 Å². The number of nitrogens with zero attached hydrogens (tertiary/aromatic N) is 2. The zero-order valence-electron chi connectivity index (χ0n) is 22.5. The molecule has 41 heavy (non-hydrogen) atoms. The van der Waals surface area contributed by atoms with E-state index in [0.717, 1.165) is 39.5 Å². The van der Waals surface area contributed by atoms with Crippen LogP contribution in [-0.4, -0.2) is 36.5 Å². The molecule has 216 valence electrons. The van der Waals surface area contributed by atoms with Gasteiger partial charge in [0, 0.05) is 28.1 Å². The summed E-state index contributed by atoms with van der Waals surface area (Å²) in [6.07, 6.45) is 1.79. The van der Waals surface area contributed by atoms with E-state index in [1.54, 1.807) is 7.11 Å². The Morgan fingerprint density at radius 1 is 1.02 bits per heavy atom. The molecule has 5 rings (SSSR count). The number of primary amides is 2. The second-order valence-corrected chi connectivity index (χ2v) is 9.86. The van der Waals surface area contributed by atoms with E-state index < -0.39 is 11.6 Å². The van der Waals surface area contributed by atoms with Crippen molar-refractivity contribution in [1.29, 1.82) is 0 Å². The first-order chi connectivity index (χ1) is 19.6. The van der Waals surface area contributed by atoms with E-state index >= 15 is 0 Å². The minimum Gasteiger partial charge on any atom is -0.494 e. The zero-order chi connectivity index (χ0) is 30.3. The SMILES string of the molecule is COc1cc(CCc2cc3c(c(-c4cc(F)c(F)c(Cl)c4)n2)OCC3C)cc2cc(Cl)c(C)nc12.NC=O.NC=O. The summed E-state index contributed by atoms with van der Waals surface area (Å²) in [6, 6.07) is 10.4. The third kappa shape index (κ3) is 7.20. The Kier molecular flexibility index (Phi) is 10.8. The van der Waals surface area contributed by atoms with E-state index in [0.29, 0.717) is 47.2 Å². The maximum Gasteiger partial charge on any atom is 0.204 e. The second kappa shape index (κ2) is 14.0. The monoisotopic (exact) mass is 604 g/mol. The summed E-state index contributed by atoms with van der Waals surface area (Å²) >= 11 is 12.2. The lowest BCUT2D eigenvalue weighted by molar-refractivity contribution is -0.107. The average Bonchev–Trinajstić information content (AvgIpc) is 3.31. The van der Waals surface area contributed by atoms with Crippen LogP contribution in [0.1, 0.15) is 35.4 Å². The van der Waals surface area contributed by atoms with E-state index in [2.05, 4.69) is 23.4 Å². The smallest absolute Gasteiger partial charge is 0.204 e. The fourth-order valence-electron chi connectivity index (χ4n) is 4.39. The highest BCUT2D eigenvalue weighted by Crippen LogP contribution is 2.42. The van der Waals surface area contributed by atoms with Gasteiger partial charge in [-0.15, -0.1) is 0 Å². The van der Waals surface area contributed by atoms with Crippen LogP contribution in [0.25, 0.3) is 22.2 Å². The summed E-state index contributed by atoms with van der Waals surface area (Å²) in [5.41, 5.74) is 13.5. The van der Waals surface area contributed by atoms with Crippen molar-refractivity contribution in [2.45, 2.75) is 32.6 Å². The molecule has 1 aliphatic rings. The van der Waals surface area contributed by atoms with E-state index in [9.17, 15) is 8.78 Å². The highest BCUT2D eigenvalue weighted by atomic mass is 35.5. The van der Waals surface area contributed by atoms with Gasteiger partial charge in [-0.25, -0.2) is 18.7 Å². The predicted octanol–water partition coefficient (Wildman–Crippen LogP) is 5.68. The van der Waals surface area contributed by atoms with Crippen LogP contribution in [-0.2, 0) is 22.4 Å². The van der Waals surface area contributed by atoms with E-state index in [1.165, 1.54) is 6.07 Å². The van der Waals surface area contributed by atoms with E-state index in [4.69, 9.17) is 47.2 Å². The largest absolute Gasteiger partial charge is 0.494 e. The van der Waals surface area contributed by atoms with Crippen molar-refractivity contribution in [2.24, 2.45) is 11.5 Å². The van der Waals surface area contributed by atoms with Gasteiger partial charge in [0.25, 0.3) is 0 Å². The van der Waals surface area contributed by atoms with Crippen LogP contribution in [0.5, 0.6) is 11.5 Å². The van der Waals surface area contributed by atoms with Gasteiger partial charge >= 0.3 is 0 Å². The number of amides is 2. The Balaban J connectivity index is 0.000000710. The van der Waals surface area contributed by atoms with Gasteiger partial charge in [-0.3, -0.25) is 9.59 Å². The van der Waals surface area contributed by atoms with Crippen LogP contribution in [0.2, 0.25) is 10.0 Å². The molecule has 8 nitrogen and oxygen atoms in total. The van der Waals surface area contributed by atoms with Crippen LogP contribution >= 0.6 is 23.2 Å². The van der Waals surface area contributed by atoms with Gasteiger partial charge in [0.05, 0.1) is 29.5 Å². The lowest BCUT2D eigenvalue weighted by Gasteiger charge is -2.13. The Morgan fingerprint density at radius 2 is 1.71 bits per heavy atom. The number of aryl methyl sites for hydroxylation is 3. The zero-order valence-corrected chi connectivity index (χ0v) is 24.0. The molecule has 0 fully saturated rings. The Hall–Kier alpha value is -4.02. The first kappa shape index (κ1) is 31.5. The first-order valence-electron chi connectivity index (χ1n) is 12.3. The molecule has 3 heterocycles. The molecule has 2 aromatic heterocycles. The number of benzene rings is 2. The Bertz CT molecular complexity index is 1560. The summed E-state index contributed by atoms with van der Waals surface area (Å²) in [5, 5.41) is 1.20. The molecule has 0 saturated heterocycles. The minimum atomic E-state index is -1.08. The van der Waals surface area contributed by atoms with Gasteiger partial charge in [-0.05, 0) is 61.7 Å². The van der Waals surface area contributed by atoms with Crippen LogP contribution in [0.15, 0.2) is 36.4 Å². The second-order valence-electron chi connectivity index (χ2n) is 9.04. The van der Waals surface area contributed by atoms with Crippen LogP contribution in [0.4, 0.5) is 8.78 Å². The number of ether oxygens (including phenoxy) is 2. The molecule has 12 heteroatoms. The maximum absolute atomic E-state index is 14.1. The predicted molar refractivity (Wildman–Crippen MR) is 154 cm³/mol. The number of pyridine rings is 2. The summed E-state index contributed by atoms with van der Waals surface area (Å²) in [5.74, 6) is -0.675. The quantitative estimate of drug-likeness (QED) is 0.222. The summed E-state index contributed by atoms with van der Waals surface area (Å²) < 4.78 is 39.4. The number of methoxy groups -OCH3 is 1. The fraction of sp³-hybridized carbons (Fsp3) is 0.241. The Labute approximate surface area is 245 Å². The molecule has 2 aromatic carbocycles. The van der Waals surface area contributed by atoms with Crippen LogP contribution in [0, 0.1) is 18.6 Å². The van der Waals surface area contributed by atoms with E-state index in [1.807, 2.05) is 31.2 Å². The van der Waals surface area contributed by atoms with Gasteiger partial charge < -0.3 is 20.9 Å². The topological polar surface area (TPSA) is 130 Å². The Morgan fingerprint density at radius 3 is 2.34 bits per heavy atom. The number of nitrogens with two attached hydrogens (primary N) is 2. The van der Waals surface area contributed by atoms with Crippen molar-refractivity contribution < 1.29 is 27.8 Å². The lowest BCUT2D eigenvalue weighted by atomic mass is 9.97. The number of rotatable bonds is 5. The summed E-state index contributed by atoms with van der Waals surface area (Å²) in [7, 11) is 1.62. The maximum atomic E-state index is 14.1. The highest BCUT2D eigenvalue weighted by Gasteiger charge is 2.27. The molecule has 1 aliphatic heterocycles. The summed E-state index contributed by atoms with van der Waals surface area (Å²) in [4.78, 5) is 26.5. The normalized spacial score (nSPS) is 13.2. The van der Waals surface area contributed by atoms with Crippen molar-refractivity contribution in [2.75, 3.05) is 13.7 Å². The number of fused-ring (bicyclic) bond motifs is 2. The summed E-state index contributed by atoms with van der Waals surface area (Å²) in [6.45, 7) is 4.42. The fourth-order valence-corrected chi connectivity index (χ4v) is 4.76. The number of aromatic nitrogens is 2. The van der Waals surface area contributed by atoms with Gasteiger partial charge in [-0.2, -0.15) is 0 Å². The highest BCUT2D eigenvalue weighted by molar-refractivity contribution is 6.32. The van der Waals surface area contributed by atoms with Gasteiger partial charge in [0.2, 0.25) is 12.8 Å². The van der Waals surface area contributed by atoms with Crippen LogP contribution < -0.4 is 20.9 Å². The molecular formula is C29H28Cl2F2N4O4. The molecule has 0 aliphatic carbocycles. The number of hydrogen-bond acceptors (Lipinski definition) is 6. The molecule has 0 radical (unpaired) electrons. The molecule has 4 N–H and O–H groups in total. The molecule has 1 unspecified atom stereocenters. The molecule has 0 spiro atoms. The number of carbonyl (C=O) groups is 2. The lowest BCUT2D eigenvalue weighted by Crippen LogP contribution is -2.01. The van der Waals surface area contributed by atoms with E-state index in [-0.39, 0.29) is 23.8 Å². The van der Waals surface area contributed by atoms with Crippen molar-refractivity contribution in [1.82, 2.24) is 9.97 Å². The van der Waals surface area contributed by atoms with Crippen molar-refractivity contribution in [3.63, 3.8) is 0 Å². The number of carbonyl (C=O) groups excluding carboxylic acids is 2. The van der Waals surface area contributed by atoms with Crippen molar-refractivity contribution in [3.05, 3.63) is 80.6 Å². The molecule has 0 saturated carbocycles. The molecule has 1 atom stereocenters. The third-order valence-electron chi connectivity index (χ3n) is 6.28. The van der Waals surface area contributed by atoms with Gasteiger partial charge in [0.1, 0.15) is 22.7 Å². The third-order valence-corrected chi connectivity index (χ3v) is 6.94. The number of hydrogen-bond donors (Lipinski definition) is 2. The molecule has 4 aromatic rings. The number of halogens is 4. The first-order valence-corrected chi connectivity index (χ1v) is 13.1. The average molecular weight is 605 g/mol. The molecule has 0 bridgehead atoms. The molecular weight excluding hydrogens is 577 g/mol. The standard InChI is InChI=1S/C27H22Cl2F2N2O2.2CH3NO/c1-13-12-35-27-19(13)11-18(33-26(27)17-9-21(29)24(31)22(30)10-17)5-4-15-6-16-8-20(28)14(2)32-25(16)23(7-15)34-3;2*2-1-3/h6-11,13H,4-5,12H2,1-3H3;2*1H,(H2,2,3). The van der Waals surface area contributed by atoms with Gasteiger partial charge in [0.15, 0.2) is 11.6 Å². The molecule has 2 amide bonds. The van der Waals surface area contributed by atoms with Crippen molar-refractivity contribution in [3.8, 4) is 22.8 Å².